The summed E-state index contributed by atoms with van der Waals surface area (Å²) < 4.78 is 25.2. The molecule has 0 amide bonds. The summed E-state index contributed by atoms with van der Waals surface area (Å²) in [6, 6.07) is 3.06. The minimum absolute atomic E-state index is 0.254. The van der Waals surface area contributed by atoms with Crippen LogP contribution in [-0.2, 0) is 0 Å². The summed E-state index contributed by atoms with van der Waals surface area (Å²) in [4.78, 5) is 0. The van der Waals surface area contributed by atoms with E-state index >= 15 is 0 Å². The van der Waals surface area contributed by atoms with Crippen molar-refractivity contribution in [1.29, 1.82) is 0 Å². The Morgan fingerprint density at radius 2 is 1.75 bits per heavy atom. The van der Waals surface area contributed by atoms with E-state index in [1.165, 1.54) is 12.1 Å². The van der Waals surface area contributed by atoms with Gasteiger partial charge in [-0.25, -0.2) is 8.78 Å². The van der Waals surface area contributed by atoms with Crippen molar-refractivity contribution in [3.8, 4) is 0 Å². The third-order valence-corrected chi connectivity index (χ3v) is 1.63. The lowest BCUT2D eigenvalue weighted by Gasteiger charge is -2.09. The summed E-state index contributed by atoms with van der Waals surface area (Å²) in [7, 11) is 0. The van der Waals surface area contributed by atoms with Crippen LogP contribution in [0.1, 0.15) is 18.5 Å². The van der Waals surface area contributed by atoms with E-state index in [1.807, 2.05) is 0 Å². The first kappa shape index (κ1) is 9.09. The predicted molar refractivity (Wildman–Crippen MR) is 42.1 cm³/mol. The highest BCUT2D eigenvalue weighted by atomic mass is 19.1. The number of hydrogen-bond donors (Lipinski definition) is 2. The molecule has 4 heteroatoms. The maximum atomic E-state index is 12.6. The molecular formula is C8H10F2N2. The summed E-state index contributed by atoms with van der Waals surface area (Å²) in [5.74, 6) is 3.93. The maximum absolute atomic E-state index is 12.6. The SMILES string of the molecule is C[C@H](NN)c1cc(F)cc(F)c1. The van der Waals surface area contributed by atoms with Crippen molar-refractivity contribution >= 4 is 0 Å². The molecule has 66 valence electrons. The Labute approximate surface area is 69.4 Å². The van der Waals surface area contributed by atoms with E-state index in [0.29, 0.717) is 5.56 Å². The lowest BCUT2D eigenvalue weighted by atomic mass is 10.1. The monoisotopic (exact) mass is 172 g/mol. The second-order valence-electron chi connectivity index (χ2n) is 2.59. The molecular weight excluding hydrogens is 162 g/mol. The summed E-state index contributed by atoms with van der Waals surface area (Å²) in [6.07, 6.45) is 0. The lowest BCUT2D eigenvalue weighted by molar-refractivity contribution is 0.556. The van der Waals surface area contributed by atoms with Crippen LogP contribution in [0.5, 0.6) is 0 Å². The van der Waals surface area contributed by atoms with Crippen LogP contribution < -0.4 is 11.3 Å². The van der Waals surface area contributed by atoms with E-state index in [9.17, 15) is 8.78 Å². The van der Waals surface area contributed by atoms with Crippen molar-refractivity contribution in [2.24, 2.45) is 5.84 Å². The molecule has 0 aliphatic carbocycles. The third-order valence-electron chi connectivity index (χ3n) is 1.63. The van der Waals surface area contributed by atoms with Gasteiger partial charge in [-0.1, -0.05) is 0 Å². The fourth-order valence-corrected chi connectivity index (χ4v) is 0.921. The summed E-state index contributed by atoms with van der Waals surface area (Å²) in [5.41, 5.74) is 2.90. The summed E-state index contributed by atoms with van der Waals surface area (Å²) >= 11 is 0. The van der Waals surface area contributed by atoms with E-state index in [2.05, 4.69) is 5.43 Å². The molecule has 0 aromatic heterocycles. The molecule has 1 aromatic carbocycles. The van der Waals surface area contributed by atoms with Gasteiger partial charge in [-0.3, -0.25) is 11.3 Å². The van der Waals surface area contributed by atoms with Gasteiger partial charge in [0.25, 0.3) is 0 Å². The zero-order valence-corrected chi connectivity index (χ0v) is 6.64. The van der Waals surface area contributed by atoms with Crippen LogP contribution in [0.25, 0.3) is 0 Å². The van der Waals surface area contributed by atoms with Crippen molar-refractivity contribution in [3.05, 3.63) is 35.4 Å². The van der Waals surface area contributed by atoms with E-state index < -0.39 is 11.6 Å². The van der Waals surface area contributed by atoms with Crippen LogP contribution in [0.4, 0.5) is 8.78 Å². The number of nitrogens with two attached hydrogens (primary N) is 1. The van der Waals surface area contributed by atoms with Gasteiger partial charge in [0.15, 0.2) is 0 Å². The average Bonchev–Trinajstić information content (AvgIpc) is 2.01. The highest BCUT2D eigenvalue weighted by molar-refractivity contribution is 5.20. The van der Waals surface area contributed by atoms with E-state index in [-0.39, 0.29) is 6.04 Å². The number of rotatable bonds is 2. The number of halogens is 2. The van der Waals surface area contributed by atoms with Gasteiger partial charge in [0.2, 0.25) is 0 Å². The Bertz CT molecular complexity index is 256. The lowest BCUT2D eigenvalue weighted by Crippen LogP contribution is -2.25. The van der Waals surface area contributed by atoms with Gasteiger partial charge >= 0.3 is 0 Å². The molecule has 0 radical (unpaired) electrons. The normalized spacial score (nSPS) is 13.0. The standard InChI is InChI=1S/C8H10F2N2/c1-5(12-11)6-2-7(9)4-8(10)3-6/h2-5,12H,11H2,1H3/t5-/m0/s1. The molecule has 0 aliphatic heterocycles. The topological polar surface area (TPSA) is 38.0 Å². The van der Waals surface area contributed by atoms with E-state index in [1.54, 1.807) is 6.92 Å². The van der Waals surface area contributed by atoms with Gasteiger partial charge in [-0.15, -0.1) is 0 Å². The number of nitrogens with one attached hydrogen (secondary N) is 1. The number of hydrazine groups is 1. The molecule has 0 aliphatic rings. The fraction of sp³-hybridized carbons (Fsp3) is 0.250. The Balaban J connectivity index is 3.00. The van der Waals surface area contributed by atoms with Crippen LogP contribution in [0, 0.1) is 11.6 Å². The third kappa shape index (κ3) is 1.99. The smallest absolute Gasteiger partial charge is 0.126 e. The van der Waals surface area contributed by atoms with Gasteiger partial charge in [0.1, 0.15) is 11.6 Å². The van der Waals surface area contributed by atoms with Crippen molar-refractivity contribution in [2.75, 3.05) is 0 Å². The Morgan fingerprint density at radius 3 is 2.17 bits per heavy atom. The van der Waals surface area contributed by atoms with Gasteiger partial charge in [-0.2, -0.15) is 0 Å². The Kier molecular flexibility index (Phi) is 2.73. The number of benzene rings is 1. The van der Waals surface area contributed by atoms with Gasteiger partial charge in [0, 0.05) is 12.1 Å². The maximum Gasteiger partial charge on any atom is 0.126 e. The van der Waals surface area contributed by atoms with Crippen molar-refractivity contribution < 1.29 is 8.78 Å². The molecule has 0 fully saturated rings. The Hall–Kier alpha value is -1.00. The molecule has 0 unspecified atom stereocenters. The molecule has 0 saturated heterocycles. The molecule has 3 N–H and O–H groups in total. The van der Waals surface area contributed by atoms with Crippen molar-refractivity contribution in [1.82, 2.24) is 5.43 Å². The highest BCUT2D eigenvalue weighted by Crippen LogP contribution is 2.14. The van der Waals surface area contributed by atoms with E-state index in [0.717, 1.165) is 6.07 Å². The molecule has 1 atom stereocenters. The molecule has 2 nitrogen and oxygen atoms in total. The molecule has 0 spiro atoms. The predicted octanol–water partition coefficient (Wildman–Crippen LogP) is 1.49. The van der Waals surface area contributed by atoms with Crippen LogP contribution in [0.2, 0.25) is 0 Å². The minimum atomic E-state index is -0.591. The molecule has 1 rings (SSSR count). The minimum Gasteiger partial charge on any atom is -0.271 e. The molecule has 0 bridgehead atoms. The summed E-state index contributed by atoms with van der Waals surface area (Å²) in [6.45, 7) is 1.72. The Morgan fingerprint density at radius 1 is 1.25 bits per heavy atom. The highest BCUT2D eigenvalue weighted by Gasteiger charge is 2.05. The van der Waals surface area contributed by atoms with Crippen LogP contribution in [-0.4, -0.2) is 0 Å². The first-order chi connectivity index (χ1) is 5.63. The number of hydrogen-bond acceptors (Lipinski definition) is 2. The quantitative estimate of drug-likeness (QED) is 0.524. The van der Waals surface area contributed by atoms with Crippen molar-refractivity contribution in [2.45, 2.75) is 13.0 Å². The van der Waals surface area contributed by atoms with Crippen LogP contribution in [0.15, 0.2) is 18.2 Å². The first-order valence-electron chi connectivity index (χ1n) is 3.55. The zero-order chi connectivity index (χ0) is 9.14. The van der Waals surface area contributed by atoms with Crippen molar-refractivity contribution in [3.63, 3.8) is 0 Å². The average molecular weight is 172 g/mol. The fourth-order valence-electron chi connectivity index (χ4n) is 0.921. The molecule has 12 heavy (non-hydrogen) atoms. The van der Waals surface area contributed by atoms with Crippen LogP contribution in [0.3, 0.4) is 0 Å². The zero-order valence-electron chi connectivity index (χ0n) is 6.64. The van der Waals surface area contributed by atoms with Gasteiger partial charge in [-0.05, 0) is 24.6 Å². The first-order valence-corrected chi connectivity index (χ1v) is 3.55. The van der Waals surface area contributed by atoms with E-state index in [4.69, 9.17) is 5.84 Å². The van der Waals surface area contributed by atoms with Gasteiger partial charge in [0.05, 0.1) is 0 Å². The molecule has 0 saturated carbocycles. The summed E-state index contributed by atoms with van der Waals surface area (Å²) in [5, 5.41) is 0. The molecule has 1 aromatic rings. The molecule has 0 heterocycles. The largest absolute Gasteiger partial charge is 0.271 e. The van der Waals surface area contributed by atoms with Crippen LogP contribution >= 0.6 is 0 Å². The second-order valence-corrected chi connectivity index (χ2v) is 2.59. The van der Waals surface area contributed by atoms with Gasteiger partial charge < -0.3 is 0 Å². The second kappa shape index (κ2) is 3.60.